The summed E-state index contributed by atoms with van der Waals surface area (Å²) in [6.07, 6.45) is 1.61. The van der Waals surface area contributed by atoms with E-state index in [2.05, 4.69) is 15.6 Å². The van der Waals surface area contributed by atoms with Crippen LogP contribution in [-0.4, -0.2) is 23.4 Å². The fourth-order valence-electron chi connectivity index (χ4n) is 2.38. The van der Waals surface area contributed by atoms with Crippen molar-refractivity contribution < 1.29 is 14.3 Å². The molecule has 0 saturated carbocycles. The number of nitrogens with one attached hydrogen (secondary N) is 2. The van der Waals surface area contributed by atoms with Crippen LogP contribution in [0.15, 0.2) is 54.0 Å². The van der Waals surface area contributed by atoms with Gasteiger partial charge in [0.15, 0.2) is 11.7 Å². The van der Waals surface area contributed by atoms with E-state index in [1.807, 2.05) is 32.0 Å². The molecule has 0 aliphatic rings. The van der Waals surface area contributed by atoms with Crippen molar-refractivity contribution >= 4 is 34.0 Å². The Kier molecular flexibility index (Phi) is 5.83. The summed E-state index contributed by atoms with van der Waals surface area (Å²) >= 11 is 1.32. The Balaban J connectivity index is 1.63. The lowest BCUT2D eigenvalue weighted by Gasteiger charge is -2.12. The van der Waals surface area contributed by atoms with Crippen LogP contribution in [-0.2, 0) is 4.79 Å². The van der Waals surface area contributed by atoms with Gasteiger partial charge in [-0.2, -0.15) is 0 Å². The normalized spacial score (nSPS) is 10.3. The zero-order valence-electron chi connectivity index (χ0n) is 15.0. The highest BCUT2D eigenvalue weighted by Gasteiger charge is 2.14. The number of ether oxygens (including phenoxy) is 1. The van der Waals surface area contributed by atoms with Gasteiger partial charge in [-0.25, -0.2) is 4.98 Å². The molecule has 1 aromatic heterocycles. The fraction of sp³-hybridized carbons (Fsp3) is 0.150. The largest absolute Gasteiger partial charge is 0.484 e. The molecule has 0 radical (unpaired) electrons. The number of carbonyl (C=O) groups excluding carboxylic acids is 2. The standard InChI is InChI=1S/C20H19N3O3S/c1-13-7-8-15(11-14(13)2)26-12-18(24)22-17-6-4-3-5-16(17)19(25)23-20-21-9-10-27-20/h3-11H,12H2,1-2H3,(H,22,24)(H,21,23,25). The monoisotopic (exact) mass is 381 g/mol. The molecule has 0 unspecified atom stereocenters. The van der Waals surface area contributed by atoms with E-state index >= 15 is 0 Å². The van der Waals surface area contributed by atoms with Crippen LogP contribution in [0.4, 0.5) is 10.8 Å². The van der Waals surface area contributed by atoms with Crippen LogP contribution >= 0.6 is 11.3 Å². The van der Waals surface area contributed by atoms with Gasteiger partial charge in [0.2, 0.25) is 0 Å². The smallest absolute Gasteiger partial charge is 0.262 e. The van der Waals surface area contributed by atoms with Gasteiger partial charge < -0.3 is 10.1 Å². The van der Waals surface area contributed by atoms with Gasteiger partial charge in [0.25, 0.3) is 11.8 Å². The maximum Gasteiger partial charge on any atom is 0.262 e. The molecule has 27 heavy (non-hydrogen) atoms. The van der Waals surface area contributed by atoms with Crippen LogP contribution in [0.3, 0.4) is 0 Å². The van der Waals surface area contributed by atoms with Crippen molar-refractivity contribution in [1.82, 2.24) is 4.98 Å². The second kappa shape index (κ2) is 8.46. The Morgan fingerprint density at radius 2 is 1.89 bits per heavy atom. The molecular weight excluding hydrogens is 362 g/mol. The lowest BCUT2D eigenvalue weighted by Crippen LogP contribution is -2.22. The van der Waals surface area contributed by atoms with Crippen molar-refractivity contribution in [3.63, 3.8) is 0 Å². The van der Waals surface area contributed by atoms with Gasteiger partial charge in [-0.1, -0.05) is 18.2 Å². The molecule has 0 atom stereocenters. The van der Waals surface area contributed by atoms with E-state index in [4.69, 9.17) is 4.74 Å². The number of thiazole rings is 1. The highest BCUT2D eigenvalue weighted by molar-refractivity contribution is 7.13. The van der Waals surface area contributed by atoms with E-state index < -0.39 is 0 Å². The Morgan fingerprint density at radius 3 is 2.63 bits per heavy atom. The molecule has 0 saturated heterocycles. The van der Waals surface area contributed by atoms with Gasteiger partial charge in [-0.05, 0) is 49.2 Å². The number of para-hydroxylation sites is 1. The third-order valence-electron chi connectivity index (χ3n) is 3.95. The number of hydrogen-bond acceptors (Lipinski definition) is 5. The molecule has 0 spiro atoms. The van der Waals surface area contributed by atoms with Gasteiger partial charge in [0.1, 0.15) is 5.75 Å². The molecule has 2 aromatic carbocycles. The molecule has 2 N–H and O–H groups in total. The lowest BCUT2D eigenvalue weighted by atomic mass is 10.1. The highest BCUT2D eigenvalue weighted by Crippen LogP contribution is 2.19. The summed E-state index contributed by atoms with van der Waals surface area (Å²) in [5.41, 5.74) is 3.02. The van der Waals surface area contributed by atoms with Crippen molar-refractivity contribution in [3.8, 4) is 5.75 Å². The van der Waals surface area contributed by atoms with E-state index in [9.17, 15) is 9.59 Å². The first kappa shape index (κ1) is 18.6. The van der Waals surface area contributed by atoms with Crippen LogP contribution in [0.25, 0.3) is 0 Å². The number of nitrogens with zero attached hydrogens (tertiary/aromatic N) is 1. The molecule has 0 fully saturated rings. The Labute approximate surface area is 161 Å². The first-order chi connectivity index (χ1) is 13.0. The summed E-state index contributed by atoms with van der Waals surface area (Å²) in [6, 6.07) is 12.5. The lowest BCUT2D eigenvalue weighted by molar-refractivity contribution is -0.118. The third kappa shape index (κ3) is 4.92. The third-order valence-corrected chi connectivity index (χ3v) is 4.64. The Bertz CT molecular complexity index is 955. The molecule has 3 aromatic rings. The Hall–Kier alpha value is -3.19. The maximum absolute atomic E-state index is 12.4. The second-order valence-corrected chi connectivity index (χ2v) is 6.81. The fourth-order valence-corrected chi connectivity index (χ4v) is 2.90. The summed E-state index contributed by atoms with van der Waals surface area (Å²) < 4.78 is 5.54. The van der Waals surface area contributed by atoms with Gasteiger partial charge >= 0.3 is 0 Å². The molecule has 0 aliphatic carbocycles. The minimum atomic E-state index is -0.345. The molecule has 7 heteroatoms. The number of anilines is 2. The average Bonchev–Trinajstić information content (AvgIpc) is 3.16. The van der Waals surface area contributed by atoms with Crippen molar-refractivity contribution in [2.75, 3.05) is 17.2 Å². The minimum Gasteiger partial charge on any atom is -0.484 e. The van der Waals surface area contributed by atoms with E-state index in [1.54, 1.807) is 35.8 Å². The molecule has 6 nitrogen and oxygen atoms in total. The number of aryl methyl sites for hydroxylation is 2. The summed E-state index contributed by atoms with van der Waals surface area (Å²) in [7, 11) is 0. The van der Waals surface area contributed by atoms with Crippen LogP contribution < -0.4 is 15.4 Å². The number of hydrogen-bond donors (Lipinski definition) is 2. The first-order valence-corrected chi connectivity index (χ1v) is 9.20. The van der Waals surface area contributed by atoms with Crippen LogP contribution in [0.2, 0.25) is 0 Å². The molecule has 3 rings (SSSR count). The first-order valence-electron chi connectivity index (χ1n) is 8.32. The molecule has 138 valence electrons. The summed E-state index contributed by atoms with van der Waals surface area (Å²) in [4.78, 5) is 28.7. The predicted octanol–water partition coefficient (Wildman–Crippen LogP) is 4.03. The minimum absolute atomic E-state index is 0.148. The summed E-state index contributed by atoms with van der Waals surface area (Å²) in [5, 5.41) is 7.70. The van der Waals surface area contributed by atoms with Crippen molar-refractivity contribution in [1.29, 1.82) is 0 Å². The maximum atomic E-state index is 12.4. The number of carbonyl (C=O) groups is 2. The Morgan fingerprint density at radius 1 is 1.07 bits per heavy atom. The van der Waals surface area contributed by atoms with E-state index in [0.29, 0.717) is 22.1 Å². The molecule has 0 bridgehead atoms. The zero-order chi connectivity index (χ0) is 19.2. The van der Waals surface area contributed by atoms with Gasteiger partial charge in [0, 0.05) is 11.6 Å². The summed E-state index contributed by atoms with van der Waals surface area (Å²) in [6.45, 7) is 3.85. The quantitative estimate of drug-likeness (QED) is 0.676. The molecular formula is C20H19N3O3S. The van der Waals surface area contributed by atoms with E-state index in [1.165, 1.54) is 11.3 Å². The van der Waals surface area contributed by atoms with Crippen LogP contribution in [0, 0.1) is 13.8 Å². The van der Waals surface area contributed by atoms with Crippen molar-refractivity contribution in [2.24, 2.45) is 0 Å². The number of aromatic nitrogens is 1. The zero-order valence-corrected chi connectivity index (χ0v) is 15.8. The number of rotatable bonds is 6. The molecule has 1 heterocycles. The molecule has 0 aliphatic heterocycles. The second-order valence-electron chi connectivity index (χ2n) is 5.92. The SMILES string of the molecule is Cc1ccc(OCC(=O)Nc2ccccc2C(=O)Nc2nccs2)cc1C. The average molecular weight is 381 g/mol. The van der Waals surface area contributed by atoms with Crippen molar-refractivity contribution in [3.05, 3.63) is 70.7 Å². The van der Waals surface area contributed by atoms with E-state index in [-0.39, 0.29) is 18.4 Å². The topological polar surface area (TPSA) is 80.3 Å². The van der Waals surface area contributed by atoms with E-state index in [0.717, 1.165) is 11.1 Å². The van der Waals surface area contributed by atoms with Gasteiger partial charge in [-0.3, -0.25) is 14.9 Å². The number of benzene rings is 2. The molecule has 2 amide bonds. The number of amides is 2. The van der Waals surface area contributed by atoms with Crippen molar-refractivity contribution in [2.45, 2.75) is 13.8 Å². The van der Waals surface area contributed by atoms with Gasteiger partial charge in [-0.15, -0.1) is 11.3 Å². The van der Waals surface area contributed by atoms with Crippen LogP contribution in [0.1, 0.15) is 21.5 Å². The predicted molar refractivity (Wildman–Crippen MR) is 107 cm³/mol. The van der Waals surface area contributed by atoms with Crippen LogP contribution in [0.5, 0.6) is 5.75 Å². The van der Waals surface area contributed by atoms with Gasteiger partial charge in [0.05, 0.1) is 11.3 Å². The summed E-state index contributed by atoms with van der Waals surface area (Å²) in [5.74, 6) is -0.0540. The highest BCUT2D eigenvalue weighted by atomic mass is 32.1.